The molecule has 0 aromatic heterocycles. The summed E-state index contributed by atoms with van der Waals surface area (Å²) >= 11 is 7.88. The van der Waals surface area contributed by atoms with Crippen LogP contribution in [0, 0.1) is 5.92 Å². The molecule has 4 bridgehead atoms. The summed E-state index contributed by atoms with van der Waals surface area (Å²) < 4.78 is 29.4. The number of urea groups is 1. The first-order valence-corrected chi connectivity index (χ1v) is 29.7. The molecule has 28 heteroatoms. The third-order valence-electron chi connectivity index (χ3n) is 15.4. The molecule has 11 atom stereocenters. The molecule has 8 amide bonds. The molecule has 3 heterocycles. The number of amides is 8. The second-order valence-corrected chi connectivity index (χ2v) is 23.4. The fourth-order valence-electron chi connectivity index (χ4n) is 10.1. The van der Waals surface area contributed by atoms with Gasteiger partial charge in [-0.3, -0.25) is 29.3 Å². The number of benzene rings is 2. The predicted octanol–water partition coefficient (Wildman–Crippen LogP) is 2.70. The standard InChI is InChI=1S/C58H82ClN9O17S/c1-32-13-11-16-44(82-8)58(80)30-43(83-56(79)66-58)33(2)50-57(4,85-50)45(29-48(72)68(6)41-27-36(25-32)28-42(81-7)49(41)59)84-54(77)34(3)67(5)47(71)21-24-86-31-46(70)63-38(15-12-23-62-55(61)78)51(73)64-39(14-9-10-22-60)52(74)65-40(53(75)76)26-35-17-19-37(69)20-18-35/h11,13,16-20,27-28,33-34,38-40,43-45,50,69,80H,9-10,12,14-15,21-26,29-31,60H2,1-8H3,(H,63,70)(H,64,73)(H,65,74)(H,66,79)(H,75,76)(H3,61,62,78)/b16-11+,32-13+/t33-,34+,38+,39+,40+,43+,44-,45+,50+,57+,58+/m1/s1. The highest BCUT2D eigenvalue weighted by Crippen LogP contribution is 2.49. The quantitative estimate of drug-likeness (QED) is 0.0368. The lowest BCUT2D eigenvalue weighted by Gasteiger charge is -2.42. The summed E-state index contributed by atoms with van der Waals surface area (Å²) in [5.74, 6) is -5.99. The SMILES string of the molecule is COc1cc2cc(c1Cl)N(C)C(=O)C[C@H](OC(=O)[C@H](C)N(C)C(=O)CCSCC(=O)N[C@@H](CCCNC(N)=O)C(=O)N[C@@H](CCCCN)C(=O)N[C@@H](Cc1ccc(O)cc1)C(=O)O)[C@]1(C)O[C@H]1[C@H](C)[C@@H]1C[C@@](O)(NC(=O)O1)[C@H](OC)/C=C/C=C(\C)C2. The molecule has 3 aliphatic heterocycles. The number of aromatic hydroxyl groups is 1. The summed E-state index contributed by atoms with van der Waals surface area (Å²) in [6.07, 6.45) is 0.775. The first-order chi connectivity index (χ1) is 40.6. The summed E-state index contributed by atoms with van der Waals surface area (Å²) in [4.78, 5) is 122. The molecule has 3 aliphatic rings. The lowest BCUT2D eigenvalue weighted by atomic mass is 9.83. The number of primary amides is 1. The number of carboxylic acids is 1. The van der Waals surface area contributed by atoms with Gasteiger partial charge in [-0.1, -0.05) is 54.5 Å². The van der Waals surface area contributed by atoms with Crippen LogP contribution < -0.4 is 47.7 Å². The van der Waals surface area contributed by atoms with Gasteiger partial charge in [0.2, 0.25) is 29.5 Å². The van der Waals surface area contributed by atoms with E-state index in [9.17, 15) is 58.5 Å². The Balaban J connectivity index is 1.26. The topological polar surface area (TPSA) is 382 Å². The monoisotopic (exact) mass is 1240 g/mol. The number of carboxylic acid groups (broad SMARTS) is 1. The summed E-state index contributed by atoms with van der Waals surface area (Å²) in [7, 11) is 5.75. The van der Waals surface area contributed by atoms with Crippen LogP contribution >= 0.6 is 23.4 Å². The van der Waals surface area contributed by atoms with Crippen molar-refractivity contribution in [2.45, 2.75) is 152 Å². The number of phenols is 1. The number of aliphatic hydroxyl groups is 1. The number of ether oxygens (including phenoxy) is 5. The average Bonchev–Trinajstić information content (AvgIpc) is 1.69. The van der Waals surface area contributed by atoms with Crippen LogP contribution in [-0.2, 0) is 65.4 Å². The van der Waals surface area contributed by atoms with Gasteiger partial charge < -0.3 is 81.5 Å². The first kappa shape index (κ1) is 69.6. The Morgan fingerprint density at radius 2 is 1.66 bits per heavy atom. The van der Waals surface area contributed by atoms with Crippen LogP contribution in [0.2, 0.25) is 5.02 Å². The van der Waals surface area contributed by atoms with Crippen molar-refractivity contribution in [3.8, 4) is 11.5 Å². The van der Waals surface area contributed by atoms with E-state index in [4.69, 9.17) is 46.8 Å². The van der Waals surface area contributed by atoms with Crippen molar-refractivity contribution in [2.75, 3.05) is 57.8 Å². The number of aliphatic carboxylic acids is 1. The summed E-state index contributed by atoms with van der Waals surface area (Å²) in [6, 6.07) is 3.34. The molecule has 474 valence electrons. The summed E-state index contributed by atoms with van der Waals surface area (Å²) in [5, 5.41) is 44.4. The van der Waals surface area contributed by atoms with Gasteiger partial charge in [0.05, 0.1) is 31.1 Å². The highest BCUT2D eigenvalue weighted by molar-refractivity contribution is 7.99. The minimum absolute atomic E-state index is 0.0212. The maximum absolute atomic E-state index is 14.4. The van der Waals surface area contributed by atoms with Crippen molar-refractivity contribution in [1.82, 2.24) is 31.5 Å². The average molecular weight is 1240 g/mol. The second kappa shape index (κ2) is 32.0. The largest absolute Gasteiger partial charge is 0.508 e. The van der Waals surface area contributed by atoms with Crippen LogP contribution in [0.3, 0.4) is 0 Å². The van der Waals surface area contributed by atoms with Gasteiger partial charge in [0.1, 0.15) is 64.6 Å². The third-order valence-corrected chi connectivity index (χ3v) is 16.7. The van der Waals surface area contributed by atoms with Gasteiger partial charge in [0, 0.05) is 58.7 Å². The highest BCUT2D eigenvalue weighted by Gasteiger charge is 2.64. The Morgan fingerprint density at radius 1 is 1.00 bits per heavy atom. The van der Waals surface area contributed by atoms with Crippen molar-refractivity contribution in [2.24, 2.45) is 17.4 Å². The van der Waals surface area contributed by atoms with Crippen LogP contribution in [0.4, 0.5) is 15.3 Å². The number of likely N-dealkylation sites (N-methyl/N-ethyl adjacent to an activating group) is 1. The molecule has 0 radical (unpaired) electrons. The van der Waals surface area contributed by atoms with Gasteiger partial charge >= 0.3 is 24.1 Å². The number of nitrogens with zero attached hydrogens (tertiary/aromatic N) is 2. The van der Waals surface area contributed by atoms with Crippen LogP contribution in [0.5, 0.6) is 11.5 Å². The van der Waals surface area contributed by atoms with E-state index in [0.29, 0.717) is 36.3 Å². The lowest BCUT2D eigenvalue weighted by molar-refractivity contribution is -0.162. The number of anilines is 1. The highest BCUT2D eigenvalue weighted by atomic mass is 35.5. The Bertz CT molecular complexity index is 2830. The van der Waals surface area contributed by atoms with Gasteiger partial charge in [-0.15, -0.1) is 0 Å². The molecule has 26 nitrogen and oxygen atoms in total. The zero-order valence-corrected chi connectivity index (χ0v) is 51.3. The Kier molecular flexibility index (Phi) is 25.9. The molecule has 5 rings (SSSR count). The number of hydrogen-bond acceptors (Lipinski definition) is 18. The molecular formula is C58H82ClN9O17S. The van der Waals surface area contributed by atoms with Gasteiger partial charge in [0.15, 0.2) is 5.72 Å². The number of carbonyl (C=O) groups excluding carboxylic acids is 8. The molecule has 86 heavy (non-hydrogen) atoms. The van der Waals surface area contributed by atoms with Gasteiger partial charge in [-0.25, -0.2) is 19.2 Å². The van der Waals surface area contributed by atoms with E-state index in [1.807, 2.05) is 13.0 Å². The van der Waals surface area contributed by atoms with Crippen LogP contribution in [-0.4, -0.2) is 187 Å². The molecule has 0 aliphatic carbocycles. The van der Waals surface area contributed by atoms with Crippen molar-refractivity contribution < 1.29 is 82.2 Å². The van der Waals surface area contributed by atoms with E-state index in [1.165, 1.54) is 64.4 Å². The number of halogens is 1. The molecule has 0 saturated carbocycles. The van der Waals surface area contributed by atoms with Crippen molar-refractivity contribution in [3.63, 3.8) is 0 Å². The maximum atomic E-state index is 14.4. The number of methoxy groups -OCH3 is 2. The summed E-state index contributed by atoms with van der Waals surface area (Å²) in [5.41, 5.74) is 10.1. The molecule has 2 aromatic carbocycles. The smallest absolute Gasteiger partial charge is 0.409 e. The number of allylic oxidation sites excluding steroid dienone is 3. The third kappa shape index (κ3) is 19.4. The number of fused-ring (bicyclic) bond motifs is 5. The van der Waals surface area contributed by atoms with Gasteiger partial charge in [0.25, 0.3) is 0 Å². The minimum atomic E-state index is -1.92. The molecule has 0 spiro atoms. The van der Waals surface area contributed by atoms with Crippen LogP contribution in [0.25, 0.3) is 0 Å². The van der Waals surface area contributed by atoms with E-state index in [0.717, 1.165) is 27.8 Å². The van der Waals surface area contributed by atoms with Crippen molar-refractivity contribution in [1.29, 1.82) is 0 Å². The zero-order valence-electron chi connectivity index (χ0n) is 49.7. The Morgan fingerprint density at radius 3 is 2.30 bits per heavy atom. The number of thioether (sulfide) groups is 1. The first-order valence-electron chi connectivity index (χ1n) is 28.2. The van der Waals surface area contributed by atoms with Crippen LogP contribution in [0.15, 0.2) is 60.2 Å². The van der Waals surface area contributed by atoms with Crippen molar-refractivity contribution >= 4 is 82.6 Å². The summed E-state index contributed by atoms with van der Waals surface area (Å²) in [6.45, 7) is 7.04. The second-order valence-electron chi connectivity index (χ2n) is 21.9. The fourth-order valence-corrected chi connectivity index (χ4v) is 11.2. The van der Waals surface area contributed by atoms with Crippen LogP contribution in [0.1, 0.15) is 90.2 Å². The maximum Gasteiger partial charge on any atom is 0.409 e. The van der Waals surface area contributed by atoms with Crippen molar-refractivity contribution in [3.05, 3.63) is 76.3 Å². The number of phenolic OH excluding ortho intramolecular Hbond substituents is 1. The minimum Gasteiger partial charge on any atom is -0.508 e. The lowest BCUT2D eigenvalue weighted by Crippen LogP contribution is -2.63. The number of carbonyl (C=O) groups is 9. The molecule has 2 aromatic rings. The molecule has 2 fully saturated rings. The number of rotatable bonds is 26. The van der Waals surface area contributed by atoms with E-state index >= 15 is 0 Å². The molecule has 2 saturated heterocycles. The molecule has 12 N–H and O–H groups in total. The number of epoxide rings is 1. The number of hydrogen-bond donors (Lipinski definition) is 10. The zero-order chi connectivity index (χ0) is 63.6. The number of alkyl carbamates (subject to hydrolysis) is 1. The number of nitrogens with two attached hydrogens (primary N) is 2. The van der Waals surface area contributed by atoms with E-state index in [-0.39, 0.29) is 73.9 Å². The Labute approximate surface area is 509 Å². The van der Waals surface area contributed by atoms with Gasteiger partial charge in [-0.2, -0.15) is 11.8 Å². The number of esters is 1. The molecule has 0 unspecified atom stereocenters. The van der Waals surface area contributed by atoms with E-state index < -0.39 is 126 Å². The number of nitrogens with one attached hydrogen (secondary N) is 5. The molecular weight excluding hydrogens is 1160 g/mol. The predicted molar refractivity (Wildman–Crippen MR) is 318 cm³/mol. The van der Waals surface area contributed by atoms with E-state index in [1.54, 1.807) is 38.1 Å². The fraction of sp³-hybridized carbons (Fsp3) is 0.569. The number of unbranched alkanes of at least 4 members (excludes halogenated alkanes) is 1. The van der Waals surface area contributed by atoms with E-state index in [2.05, 4.69) is 26.6 Å². The Hall–Kier alpha value is -7.17. The normalized spacial score (nSPS) is 24.5. The van der Waals surface area contributed by atoms with Gasteiger partial charge in [-0.05, 0) is 101 Å².